The van der Waals surface area contributed by atoms with Crippen LogP contribution in [0, 0.1) is 0 Å². The first-order valence-corrected chi connectivity index (χ1v) is 4.46. The Kier molecular flexibility index (Phi) is 2.19. The van der Waals surface area contributed by atoms with Gasteiger partial charge >= 0.3 is 0 Å². The fraction of sp³-hybridized carbons (Fsp3) is 0.625. The number of nitrogens with zero attached hydrogens (tertiary/aromatic N) is 5. The summed E-state index contributed by atoms with van der Waals surface area (Å²) in [6.45, 7) is 1.38. The SMILES string of the molecule is [N-]=[N+]=NCc1cc2n(n1)CCCC2. The molecule has 0 radical (unpaired) electrons. The zero-order valence-electron chi connectivity index (χ0n) is 7.35. The highest BCUT2D eigenvalue weighted by Crippen LogP contribution is 2.15. The Morgan fingerprint density at radius 1 is 1.62 bits per heavy atom. The van der Waals surface area contributed by atoms with Crippen LogP contribution in [0.1, 0.15) is 24.2 Å². The Hall–Kier alpha value is -1.48. The summed E-state index contributed by atoms with van der Waals surface area (Å²) >= 11 is 0. The third-order valence-electron chi connectivity index (χ3n) is 2.26. The minimum atomic E-state index is 0.372. The molecule has 0 aromatic carbocycles. The van der Waals surface area contributed by atoms with Gasteiger partial charge in [0.15, 0.2) is 0 Å². The number of azide groups is 1. The highest BCUT2D eigenvalue weighted by atomic mass is 15.3. The van der Waals surface area contributed by atoms with Crippen molar-refractivity contribution in [1.82, 2.24) is 9.78 Å². The van der Waals surface area contributed by atoms with Crippen LogP contribution in [0.4, 0.5) is 0 Å². The first-order chi connectivity index (χ1) is 6.40. The van der Waals surface area contributed by atoms with E-state index in [0.717, 1.165) is 18.7 Å². The molecule has 13 heavy (non-hydrogen) atoms. The van der Waals surface area contributed by atoms with Gasteiger partial charge in [-0.2, -0.15) is 5.10 Å². The van der Waals surface area contributed by atoms with Crippen molar-refractivity contribution in [2.45, 2.75) is 32.4 Å². The van der Waals surface area contributed by atoms with Gasteiger partial charge in [0.05, 0.1) is 12.2 Å². The van der Waals surface area contributed by atoms with Gasteiger partial charge in [0.2, 0.25) is 0 Å². The number of fused-ring (bicyclic) bond motifs is 1. The summed E-state index contributed by atoms with van der Waals surface area (Å²) in [5, 5.41) is 7.83. The molecule has 1 aliphatic rings. The van der Waals surface area contributed by atoms with Crippen LogP contribution in [0.2, 0.25) is 0 Å². The third-order valence-corrected chi connectivity index (χ3v) is 2.26. The molecule has 0 amide bonds. The van der Waals surface area contributed by atoms with Crippen LogP contribution in [0.25, 0.3) is 10.4 Å². The van der Waals surface area contributed by atoms with E-state index in [0.29, 0.717) is 6.54 Å². The Balaban J connectivity index is 2.19. The predicted octanol–water partition coefficient (Wildman–Crippen LogP) is 2.03. The second kappa shape index (κ2) is 3.49. The first-order valence-electron chi connectivity index (χ1n) is 4.46. The third kappa shape index (κ3) is 1.65. The summed E-state index contributed by atoms with van der Waals surface area (Å²) in [5.41, 5.74) is 10.3. The van der Waals surface area contributed by atoms with Gasteiger partial charge < -0.3 is 0 Å². The van der Waals surface area contributed by atoms with E-state index in [9.17, 15) is 0 Å². The summed E-state index contributed by atoms with van der Waals surface area (Å²) in [6, 6.07) is 2.04. The molecule has 5 heteroatoms. The highest BCUT2D eigenvalue weighted by Gasteiger charge is 2.10. The fourth-order valence-corrected chi connectivity index (χ4v) is 1.66. The molecule has 0 bridgehead atoms. The topological polar surface area (TPSA) is 66.6 Å². The molecule has 68 valence electrons. The predicted molar refractivity (Wildman–Crippen MR) is 48.0 cm³/mol. The summed E-state index contributed by atoms with van der Waals surface area (Å²) < 4.78 is 2.02. The molecule has 0 spiro atoms. The maximum atomic E-state index is 8.15. The van der Waals surface area contributed by atoms with E-state index >= 15 is 0 Å². The van der Waals surface area contributed by atoms with E-state index in [1.165, 1.54) is 18.5 Å². The lowest BCUT2D eigenvalue weighted by molar-refractivity contribution is 0.483. The monoisotopic (exact) mass is 177 g/mol. The number of aryl methyl sites for hydroxylation is 2. The molecular formula is C8H11N5. The van der Waals surface area contributed by atoms with Crippen molar-refractivity contribution in [3.05, 3.63) is 27.9 Å². The smallest absolute Gasteiger partial charge is 0.0702 e. The average Bonchev–Trinajstić information content (AvgIpc) is 2.57. The lowest BCUT2D eigenvalue weighted by Crippen LogP contribution is -2.10. The molecule has 0 unspecified atom stereocenters. The molecular weight excluding hydrogens is 166 g/mol. The molecule has 0 N–H and O–H groups in total. The Morgan fingerprint density at radius 3 is 3.31 bits per heavy atom. The van der Waals surface area contributed by atoms with Crippen LogP contribution < -0.4 is 0 Å². The first kappa shape index (κ1) is 8.13. The van der Waals surface area contributed by atoms with E-state index in [4.69, 9.17) is 5.53 Å². The summed E-state index contributed by atoms with van der Waals surface area (Å²) in [7, 11) is 0. The molecule has 2 heterocycles. The van der Waals surface area contributed by atoms with Crippen LogP contribution >= 0.6 is 0 Å². The number of hydrogen-bond acceptors (Lipinski definition) is 2. The van der Waals surface area contributed by atoms with Crippen LogP contribution in [-0.2, 0) is 19.5 Å². The Morgan fingerprint density at radius 2 is 2.54 bits per heavy atom. The van der Waals surface area contributed by atoms with E-state index in [2.05, 4.69) is 15.1 Å². The van der Waals surface area contributed by atoms with Crippen molar-refractivity contribution >= 4 is 0 Å². The van der Waals surface area contributed by atoms with Crippen LogP contribution in [0.15, 0.2) is 11.2 Å². The summed E-state index contributed by atoms with van der Waals surface area (Å²) in [4.78, 5) is 2.71. The molecule has 0 saturated heterocycles. The van der Waals surface area contributed by atoms with Gasteiger partial charge in [-0.25, -0.2) is 0 Å². The van der Waals surface area contributed by atoms with E-state index in [-0.39, 0.29) is 0 Å². The summed E-state index contributed by atoms with van der Waals surface area (Å²) in [5.74, 6) is 0. The molecule has 0 atom stereocenters. The minimum absolute atomic E-state index is 0.372. The van der Waals surface area contributed by atoms with Crippen molar-refractivity contribution in [1.29, 1.82) is 0 Å². The number of aromatic nitrogens is 2. The van der Waals surface area contributed by atoms with Gasteiger partial charge in [-0.3, -0.25) is 4.68 Å². The van der Waals surface area contributed by atoms with Crippen molar-refractivity contribution in [3.8, 4) is 0 Å². The second-order valence-electron chi connectivity index (χ2n) is 3.20. The Labute approximate surface area is 76.0 Å². The largest absolute Gasteiger partial charge is 0.269 e. The molecule has 1 aromatic rings. The highest BCUT2D eigenvalue weighted by molar-refractivity contribution is 5.11. The van der Waals surface area contributed by atoms with Crippen molar-refractivity contribution in [3.63, 3.8) is 0 Å². The zero-order chi connectivity index (χ0) is 9.10. The van der Waals surface area contributed by atoms with Crippen molar-refractivity contribution < 1.29 is 0 Å². The maximum absolute atomic E-state index is 8.15. The fourth-order valence-electron chi connectivity index (χ4n) is 1.66. The van der Waals surface area contributed by atoms with Crippen molar-refractivity contribution in [2.75, 3.05) is 0 Å². The molecule has 1 aromatic heterocycles. The van der Waals surface area contributed by atoms with Gasteiger partial charge in [0.1, 0.15) is 0 Å². The average molecular weight is 177 g/mol. The Bertz CT molecular complexity index is 324. The van der Waals surface area contributed by atoms with Gasteiger partial charge in [-0.1, -0.05) is 5.11 Å². The normalized spacial score (nSPS) is 14.8. The molecule has 0 saturated carbocycles. The second-order valence-corrected chi connectivity index (χ2v) is 3.20. The standard InChI is InChI=1S/C8H11N5/c9-12-10-6-7-5-8-3-1-2-4-13(8)11-7/h5H,1-4,6H2. The molecule has 5 nitrogen and oxygen atoms in total. The molecule has 1 aliphatic heterocycles. The van der Waals surface area contributed by atoms with E-state index in [1.54, 1.807) is 0 Å². The zero-order valence-corrected chi connectivity index (χ0v) is 7.35. The van der Waals surface area contributed by atoms with Crippen LogP contribution in [-0.4, -0.2) is 9.78 Å². The number of rotatable bonds is 2. The lowest BCUT2D eigenvalue weighted by Gasteiger charge is -2.11. The van der Waals surface area contributed by atoms with Crippen molar-refractivity contribution in [2.24, 2.45) is 5.11 Å². The van der Waals surface area contributed by atoms with Crippen LogP contribution in [0.3, 0.4) is 0 Å². The molecule has 2 rings (SSSR count). The van der Waals surface area contributed by atoms with Gasteiger partial charge in [-0.15, -0.1) is 0 Å². The maximum Gasteiger partial charge on any atom is 0.0702 e. The number of hydrogen-bond donors (Lipinski definition) is 0. The van der Waals surface area contributed by atoms with Crippen LogP contribution in [0.5, 0.6) is 0 Å². The van der Waals surface area contributed by atoms with Gasteiger partial charge in [-0.05, 0) is 30.9 Å². The van der Waals surface area contributed by atoms with Gasteiger partial charge in [0, 0.05) is 17.2 Å². The van der Waals surface area contributed by atoms with E-state index in [1.807, 2.05) is 10.7 Å². The van der Waals surface area contributed by atoms with Gasteiger partial charge in [0.25, 0.3) is 0 Å². The lowest BCUT2D eigenvalue weighted by atomic mass is 10.1. The molecule has 0 fully saturated rings. The molecule has 0 aliphatic carbocycles. The minimum Gasteiger partial charge on any atom is -0.269 e. The summed E-state index contributed by atoms with van der Waals surface area (Å²) in [6.07, 6.45) is 3.55. The quantitative estimate of drug-likeness (QED) is 0.387. The van der Waals surface area contributed by atoms with E-state index < -0.39 is 0 Å².